The quantitative estimate of drug-likeness (QED) is 0.391. The van der Waals surface area contributed by atoms with Crippen LogP contribution >= 0.6 is 0 Å². The Hall–Kier alpha value is -4.18. The molecule has 10 nitrogen and oxygen atoms in total. The van der Waals surface area contributed by atoms with E-state index < -0.39 is 11.4 Å². The highest BCUT2D eigenvalue weighted by molar-refractivity contribution is 5.88. The summed E-state index contributed by atoms with van der Waals surface area (Å²) in [5.41, 5.74) is 2.30. The Bertz CT molecular complexity index is 1540. The second-order valence-electron chi connectivity index (χ2n) is 9.80. The van der Waals surface area contributed by atoms with Gasteiger partial charge < -0.3 is 28.6 Å². The molecule has 0 amide bonds. The topological polar surface area (TPSA) is 114 Å². The second-order valence-corrected chi connectivity index (χ2v) is 9.80. The van der Waals surface area contributed by atoms with Gasteiger partial charge in [0.2, 0.25) is 0 Å². The summed E-state index contributed by atoms with van der Waals surface area (Å²) in [7, 11) is 1.69. The van der Waals surface area contributed by atoms with Crippen molar-refractivity contribution in [1.29, 1.82) is 0 Å². The molecule has 0 bridgehead atoms. The molecule has 1 unspecified atom stereocenters. The summed E-state index contributed by atoms with van der Waals surface area (Å²) < 4.78 is 13.2. The number of anilines is 2. The summed E-state index contributed by atoms with van der Waals surface area (Å²) >= 11 is 0. The number of rotatable bonds is 7. The molecule has 38 heavy (non-hydrogen) atoms. The van der Waals surface area contributed by atoms with Gasteiger partial charge in [-0.25, -0.2) is 9.78 Å². The summed E-state index contributed by atoms with van der Waals surface area (Å²) in [6.45, 7) is 3.41. The molecule has 0 radical (unpaired) electrons. The fraction of sp³-hybridized carbons (Fsp3) is 0.357. The number of benzene rings is 1. The Kier molecular flexibility index (Phi) is 6.32. The average molecular weight is 516 g/mol. The van der Waals surface area contributed by atoms with Crippen LogP contribution in [0.3, 0.4) is 0 Å². The van der Waals surface area contributed by atoms with Crippen molar-refractivity contribution < 1.29 is 19.1 Å². The molecule has 196 valence electrons. The molecular formula is C28H29N5O5. The predicted octanol–water partition coefficient (Wildman–Crippen LogP) is 3.95. The third-order valence-corrected chi connectivity index (χ3v) is 7.38. The van der Waals surface area contributed by atoms with Crippen LogP contribution in [-0.2, 0) is 4.74 Å². The van der Waals surface area contributed by atoms with E-state index >= 15 is 0 Å². The van der Waals surface area contributed by atoms with Crippen molar-refractivity contribution in [3.63, 3.8) is 0 Å². The average Bonchev–Trinajstić information content (AvgIpc) is 3.69. The molecule has 4 aromatic rings. The Morgan fingerprint density at radius 2 is 1.97 bits per heavy atom. The van der Waals surface area contributed by atoms with E-state index in [-0.39, 0.29) is 11.6 Å². The number of carbonyl (C=O) groups is 1. The van der Waals surface area contributed by atoms with Crippen LogP contribution in [0.5, 0.6) is 0 Å². The van der Waals surface area contributed by atoms with E-state index in [4.69, 9.17) is 9.15 Å². The molecule has 10 heteroatoms. The van der Waals surface area contributed by atoms with E-state index in [2.05, 4.69) is 19.8 Å². The van der Waals surface area contributed by atoms with E-state index in [1.807, 2.05) is 30.3 Å². The number of carboxylic acids is 1. The fourth-order valence-corrected chi connectivity index (χ4v) is 5.43. The minimum absolute atomic E-state index is 0.215. The number of aromatic carboxylic acids is 1. The van der Waals surface area contributed by atoms with Crippen LogP contribution in [-0.4, -0.2) is 65.0 Å². The van der Waals surface area contributed by atoms with Gasteiger partial charge in [0.1, 0.15) is 16.9 Å². The van der Waals surface area contributed by atoms with Crippen molar-refractivity contribution in [1.82, 2.24) is 14.5 Å². The van der Waals surface area contributed by atoms with E-state index in [1.165, 1.54) is 12.3 Å². The zero-order chi connectivity index (χ0) is 26.2. The van der Waals surface area contributed by atoms with E-state index in [0.717, 1.165) is 51.1 Å². The maximum absolute atomic E-state index is 12.7. The Morgan fingerprint density at radius 1 is 1.13 bits per heavy atom. The van der Waals surface area contributed by atoms with Crippen molar-refractivity contribution in [2.45, 2.75) is 31.7 Å². The molecule has 5 heterocycles. The lowest BCUT2D eigenvalue weighted by Gasteiger charge is -2.21. The minimum Gasteiger partial charge on any atom is -0.477 e. The first-order valence-corrected chi connectivity index (χ1v) is 12.9. The molecule has 0 aliphatic carbocycles. The number of ether oxygens (including phenoxy) is 1. The molecule has 2 saturated heterocycles. The van der Waals surface area contributed by atoms with Gasteiger partial charge in [-0.3, -0.25) is 4.79 Å². The van der Waals surface area contributed by atoms with Gasteiger partial charge >= 0.3 is 5.97 Å². The summed E-state index contributed by atoms with van der Waals surface area (Å²) in [6.07, 6.45) is 7.45. The summed E-state index contributed by atoms with van der Waals surface area (Å²) in [5, 5.41) is 9.65. The van der Waals surface area contributed by atoms with Gasteiger partial charge in [0.15, 0.2) is 11.0 Å². The molecule has 1 aromatic carbocycles. The van der Waals surface area contributed by atoms with Crippen LogP contribution in [0.2, 0.25) is 0 Å². The lowest BCUT2D eigenvalue weighted by molar-refractivity contribution is 0.0695. The molecule has 3 aromatic heterocycles. The van der Waals surface area contributed by atoms with Gasteiger partial charge in [-0.2, -0.15) is 4.98 Å². The van der Waals surface area contributed by atoms with Gasteiger partial charge in [-0.15, -0.1) is 0 Å². The number of aromatic nitrogens is 3. The SMILES string of the molecule is COCC1CCCN1c1nc2ccc(-n3cc(C(=O)O)c(=O)cc3-c3ccc(N4CCCC4)nc3)cc2o1. The maximum Gasteiger partial charge on any atom is 0.341 e. The van der Waals surface area contributed by atoms with Gasteiger partial charge in [0, 0.05) is 62.5 Å². The summed E-state index contributed by atoms with van der Waals surface area (Å²) in [4.78, 5) is 38.2. The van der Waals surface area contributed by atoms with Crippen molar-refractivity contribution in [2.75, 3.05) is 43.2 Å². The van der Waals surface area contributed by atoms with E-state index in [0.29, 0.717) is 40.7 Å². The molecule has 2 fully saturated rings. The van der Waals surface area contributed by atoms with Crippen LogP contribution in [0.4, 0.5) is 11.8 Å². The number of hydrogen-bond donors (Lipinski definition) is 1. The van der Waals surface area contributed by atoms with Crippen molar-refractivity contribution in [2.24, 2.45) is 0 Å². The highest BCUT2D eigenvalue weighted by atomic mass is 16.5. The third kappa shape index (κ3) is 4.41. The van der Waals surface area contributed by atoms with Gasteiger partial charge in [-0.05, 0) is 49.9 Å². The van der Waals surface area contributed by atoms with Gasteiger partial charge in [0.25, 0.3) is 6.01 Å². The Labute approximate surface area is 219 Å². The number of nitrogens with zero attached hydrogens (tertiary/aromatic N) is 5. The monoisotopic (exact) mass is 515 g/mol. The summed E-state index contributed by atoms with van der Waals surface area (Å²) in [6, 6.07) is 11.5. The smallest absolute Gasteiger partial charge is 0.341 e. The van der Waals surface area contributed by atoms with E-state index in [9.17, 15) is 14.7 Å². The Morgan fingerprint density at radius 3 is 2.71 bits per heavy atom. The molecule has 1 N–H and O–H groups in total. The molecule has 2 aliphatic heterocycles. The lowest BCUT2D eigenvalue weighted by Crippen LogP contribution is -2.32. The molecule has 0 saturated carbocycles. The Balaban J connectivity index is 1.41. The first-order chi connectivity index (χ1) is 18.5. The van der Waals surface area contributed by atoms with Crippen LogP contribution in [0, 0.1) is 0 Å². The van der Waals surface area contributed by atoms with Gasteiger partial charge in [-0.1, -0.05) is 0 Å². The molecule has 1 atom stereocenters. The largest absolute Gasteiger partial charge is 0.477 e. The number of oxazole rings is 1. The fourth-order valence-electron chi connectivity index (χ4n) is 5.43. The molecular weight excluding hydrogens is 486 g/mol. The molecule has 6 rings (SSSR count). The van der Waals surface area contributed by atoms with E-state index in [1.54, 1.807) is 17.9 Å². The number of pyridine rings is 2. The van der Waals surface area contributed by atoms with Crippen LogP contribution in [0.15, 0.2) is 58.0 Å². The number of hydrogen-bond acceptors (Lipinski definition) is 8. The maximum atomic E-state index is 12.7. The second kappa shape index (κ2) is 9.94. The molecule has 0 spiro atoms. The standard InChI is InChI=1S/C28H29N5O5/c1-37-17-20-5-4-12-32(20)28-30-22-8-7-19(13-25(22)38-28)33-16-21(27(35)36)24(34)14-23(33)18-6-9-26(29-15-18)31-10-2-3-11-31/h6-9,13-16,20H,2-5,10-12,17H2,1H3,(H,35,36). The first kappa shape index (κ1) is 24.2. The van der Waals surface area contributed by atoms with Crippen LogP contribution < -0.4 is 15.2 Å². The first-order valence-electron chi connectivity index (χ1n) is 12.9. The molecule has 2 aliphatic rings. The van der Waals surface area contributed by atoms with Crippen LogP contribution in [0.1, 0.15) is 36.0 Å². The van der Waals surface area contributed by atoms with Gasteiger partial charge in [0.05, 0.1) is 18.3 Å². The minimum atomic E-state index is -1.28. The van der Waals surface area contributed by atoms with Crippen molar-refractivity contribution in [3.05, 3.63) is 64.6 Å². The zero-order valence-electron chi connectivity index (χ0n) is 21.2. The van der Waals surface area contributed by atoms with Crippen molar-refractivity contribution >= 4 is 28.9 Å². The number of fused-ring (bicyclic) bond motifs is 1. The van der Waals surface area contributed by atoms with Crippen LogP contribution in [0.25, 0.3) is 28.0 Å². The highest BCUT2D eigenvalue weighted by Crippen LogP contribution is 2.31. The number of methoxy groups -OCH3 is 1. The third-order valence-electron chi connectivity index (χ3n) is 7.38. The summed E-state index contributed by atoms with van der Waals surface area (Å²) in [5.74, 6) is -0.384. The number of carboxylic acid groups (broad SMARTS) is 1. The lowest BCUT2D eigenvalue weighted by atomic mass is 10.1. The normalized spacial score (nSPS) is 17.6. The predicted molar refractivity (Wildman–Crippen MR) is 143 cm³/mol. The highest BCUT2D eigenvalue weighted by Gasteiger charge is 2.28. The van der Waals surface area contributed by atoms with Crippen molar-refractivity contribution in [3.8, 4) is 16.9 Å². The zero-order valence-corrected chi connectivity index (χ0v) is 21.2.